The molecule has 1 heterocycles. The highest BCUT2D eigenvalue weighted by atomic mass is 32.2. The molecule has 0 saturated carbocycles. The summed E-state index contributed by atoms with van der Waals surface area (Å²) < 4.78 is 39.1. The van der Waals surface area contributed by atoms with Crippen molar-refractivity contribution in [1.29, 1.82) is 0 Å². The monoisotopic (exact) mass is 344 g/mol. The Morgan fingerprint density at radius 1 is 1.39 bits per heavy atom. The predicted molar refractivity (Wildman–Crippen MR) is 81.6 cm³/mol. The minimum Gasteiger partial charge on any atom is -0.479 e. The summed E-state index contributed by atoms with van der Waals surface area (Å²) in [6, 6.07) is 4.55. The zero-order chi connectivity index (χ0) is 17.4. The molecule has 23 heavy (non-hydrogen) atoms. The maximum Gasteiger partial charge on any atom is 0.343 e. The van der Waals surface area contributed by atoms with Gasteiger partial charge in [0, 0.05) is 13.0 Å². The molecule has 2 N–H and O–H groups in total. The van der Waals surface area contributed by atoms with Crippen LogP contribution in [0.1, 0.15) is 22.3 Å². The Kier molecular flexibility index (Phi) is 4.34. The second kappa shape index (κ2) is 5.80. The first-order valence-electron chi connectivity index (χ1n) is 6.82. The van der Waals surface area contributed by atoms with Crippen LogP contribution >= 0.6 is 0 Å². The summed E-state index contributed by atoms with van der Waals surface area (Å²) in [6.45, 7) is 1.11. The van der Waals surface area contributed by atoms with Gasteiger partial charge in [-0.05, 0) is 19.1 Å². The summed E-state index contributed by atoms with van der Waals surface area (Å²) >= 11 is 0. The summed E-state index contributed by atoms with van der Waals surface area (Å²) in [6.07, 6.45) is 0.655. The molecule has 1 aromatic carbocycles. The number of anilines is 1. The number of aliphatic carboxylic acids is 1. The van der Waals surface area contributed by atoms with E-state index in [1.807, 2.05) is 0 Å². The number of carbonyl (C=O) groups excluding carboxylic acids is 1. The lowest BCUT2D eigenvalue weighted by Crippen LogP contribution is -2.39. The van der Waals surface area contributed by atoms with Crippen molar-refractivity contribution in [2.75, 3.05) is 24.1 Å². The van der Waals surface area contributed by atoms with Crippen LogP contribution in [0.2, 0.25) is 0 Å². The number of benzene rings is 1. The van der Waals surface area contributed by atoms with E-state index in [0.29, 0.717) is 0 Å². The molecule has 7 nitrogen and oxygen atoms in total. The first-order chi connectivity index (χ1) is 10.5. The van der Waals surface area contributed by atoms with Crippen molar-refractivity contribution in [2.24, 2.45) is 0 Å². The molecule has 1 fully saturated rings. The molecule has 1 saturated heterocycles. The van der Waals surface area contributed by atoms with Gasteiger partial charge in [-0.2, -0.15) is 0 Å². The molecule has 0 aliphatic carbocycles. The number of hydrogen-bond acceptors (Lipinski definition) is 4. The minimum atomic E-state index is -3.59. The molecule has 1 aliphatic heterocycles. The van der Waals surface area contributed by atoms with Crippen molar-refractivity contribution in [2.45, 2.75) is 19.0 Å². The molecule has 9 heteroatoms. The van der Waals surface area contributed by atoms with Gasteiger partial charge in [0.2, 0.25) is 15.7 Å². The molecular formula is C14H17FN2O5S. The molecule has 0 bridgehead atoms. The van der Waals surface area contributed by atoms with E-state index in [-0.39, 0.29) is 24.2 Å². The number of alkyl halides is 1. The Morgan fingerprint density at radius 3 is 2.57 bits per heavy atom. The van der Waals surface area contributed by atoms with Gasteiger partial charge in [-0.25, -0.2) is 17.6 Å². The van der Waals surface area contributed by atoms with Gasteiger partial charge in [-0.15, -0.1) is 0 Å². The van der Waals surface area contributed by atoms with E-state index < -0.39 is 34.1 Å². The first-order valence-corrected chi connectivity index (χ1v) is 8.71. The standard InChI is InChI=1S/C14H17FN2O5S/c1-9-3-4-11(16-23(2,21)22)10(7-9)12(18)17-6-5-14(15,8-17)13(19)20/h3-4,7,16H,5-6,8H2,1-2H3,(H,19,20). The lowest BCUT2D eigenvalue weighted by Gasteiger charge is -2.20. The highest BCUT2D eigenvalue weighted by Crippen LogP contribution is 2.29. The van der Waals surface area contributed by atoms with Gasteiger partial charge in [-0.3, -0.25) is 9.52 Å². The molecule has 1 atom stereocenters. The number of carboxylic acids is 1. The van der Waals surface area contributed by atoms with Gasteiger partial charge >= 0.3 is 5.97 Å². The van der Waals surface area contributed by atoms with E-state index in [0.717, 1.165) is 16.7 Å². The van der Waals surface area contributed by atoms with Crippen molar-refractivity contribution in [1.82, 2.24) is 4.90 Å². The van der Waals surface area contributed by atoms with E-state index in [4.69, 9.17) is 5.11 Å². The third-order valence-corrected chi connectivity index (χ3v) is 4.18. The Morgan fingerprint density at radius 2 is 2.04 bits per heavy atom. The number of nitrogens with one attached hydrogen (secondary N) is 1. The molecule has 126 valence electrons. The summed E-state index contributed by atoms with van der Waals surface area (Å²) in [5, 5.41) is 8.89. The minimum absolute atomic E-state index is 0.0477. The van der Waals surface area contributed by atoms with Crippen LogP contribution in [0.25, 0.3) is 0 Å². The van der Waals surface area contributed by atoms with Gasteiger partial charge in [-0.1, -0.05) is 11.6 Å². The van der Waals surface area contributed by atoms with Crippen LogP contribution in [0.5, 0.6) is 0 Å². The average Bonchev–Trinajstić information content (AvgIpc) is 2.83. The highest BCUT2D eigenvalue weighted by molar-refractivity contribution is 7.92. The fraction of sp³-hybridized carbons (Fsp3) is 0.429. The molecule has 2 rings (SSSR count). The largest absolute Gasteiger partial charge is 0.479 e. The summed E-state index contributed by atoms with van der Waals surface area (Å²) in [5.74, 6) is -2.22. The molecule has 1 aromatic rings. The Balaban J connectivity index is 2.33. The van der Waals surface area contributed by atoms with Gasteiger partial charge in [0.05, 0.1) is 24.1 Å². The Hall–Kier alpha value is -2.16. The Bertz CT molecular complexity index is 764. The Labute approximate surface area is 133 Å². The smallest absolute Gasteiger partial charge is 0.343 e. The van der Waals surface area contributed by atoms with Crippen molar-refractivity contribution in [3.05, 3.63) is 29.3 Å². The number of amides is 1. The van der Waals surface area contributed by atoms with Gasteiger partial charge in [0.15, 0.2) is 0 Å². The third kappa shape index (κ3) is 3.79. The van der Waals surface area contributed by atoms with Crippen LogP contribution in [-0.2, 0) is 14.8 Å². The fourth-order valence-electron chi connectivity index (χ4n) is 2.41. The normalized spacial score (nSPS) is 21.3. The number of sulfonamides is 1. The van der Waals surface area contributed by atoms with E-state index in [1.54, 1.807) is 13.0 Å². The molecule has 0 spiro atoms. The number of halogens is 1. The predicted octanol–water partition coefficient (Wildman–Crippen LogP) is 1.01. The highest BCUT2D eigenvalue weighted by Gasteiger charge is 2.47. The van der Waals surface area contributed by atoms with Crippen LogP contribution in [0.4, 0.5) is 10.1 Å². The fourth-order valence-corrected chi connectivity index (χ4v) is 2.99. The van der Waals surface area contributed by atoms with E-state index >= 15 is 0 Å². The van der Waals surface area contributed by atoms with E-state index in [9.17, 15) is 22.4 Å². The number of carboxylic acid groups (broad SMARTS) is 1. The molecule has 1 amide bonds. The first kappa shape index (κ1) is 17.2. The molecule has 1 aliphatic rings. The molecule has 0 radical (unpaired) electrons. The lowest BCUT2D eigenvalue weighted by molar-refractivity contribution is -0.149. The second-order valence-corrected chi connectivity index (χ2v) is 7.42. The van der Waals surface area contributed by atoms with Crippen LogP contribution < -0.4 is 4.72 Å². The molecule has 0 aromatic heterocycles. The van der Waals surface area contributed by atoms with E-state index in [2.05, 4.69) is 4.72 Å². The zero-order valence-corrected chi connectivity index (χ0v) is 13.5. The van der Waals surface area contributed by atoms with Crippen LogP contribution in [-0.4, -0.2) is 55.3 Å². The average molecular weight is 344 g/mol. The van der Waals surface area contributed by atoms with Gasteiger partial charge in [0.1, 0.15) is 0 Å². The van der Waals surface area contributed by atoms with Crippen LogP contribution in [0.15, 0.2) is 18.2 Å². The SMILES string of the molecule is Cc1ccc(NS(C)(=O)=O)c(C(=O)N2CCC(F)(C(=O)O)C2)c1. The number of rotatable bonds is 4. The topological polar surface area (TPSA) is 104 Å². The van der Waals surface area contributed by atoms with Crippen molar-refractivity contribution in [3.63, 3.8) is 0 Å². The lowest BCUT2D eigenvalue weighted by atomic mass is 10.1. The third-order valence-electron chi connectivity index (χ3n) is 3.59. The van der Waals surface area contributed by atoms with Crippen LogP contribution in [0.3, 0.4) is 0 Å². The maximum absolute atomic E-state index is 14.1. The molecule has 1 unspecified atom stereocenters. The maximum atomic E-state index is 14.1. The number of hydrogen-bond donors (Lipinski definition) is 2. The summed E-state index contributed by atoms with van der Waals surface area (Å²) in [4.78, 5) is 24.6. The second-order valence-electron chi connectivity index (χ2n) is 5.67. The van der Waals surface area contributed by atoms with Crippen LogP contribution in [0, 0.1) is 6.92 Å². The van der Waals surface area contributed by atoms with Gasteiger partial charge < -0.3 is 10.0 Å². The van der Waals surface area contributed by atoms with Crippen molar-refractivity contribution in [3.8, 4) is 0 Å². The summed E-state index contributed by atoms with van der Waals surface area (Å²) in [5.41, 5.74) is -1.61. The summed E-state index contributed by atoms with van der Waals surface area (Å²) in [7, 11) is -3.59. The zero-order valence-electron chi connectivity index (χ0n) is 12.7. The number of aryl methyl sites for hydroxylation is 1. The number of carbonyl (C=O) groups is 2. The molecular weight excluding hydrogens is 327 g/mol. The van der Waals surface area contributed by atoms with Gasteiger partial charge in [0.25, 0.3) is 5.91 Å². The number of nitrogens with zero attached hydrogens (tertiary/aromatic N) is 1. The van der Waals surface area contributed by atoms with E-state index in [1.165, 1.54) is 12.1 Å². The quantitative estimate of drug-likeness (QED) is 0.848. The van der Waals surface area contributed by atoms with Crippen molar-refractivity contribution >= 4 is 27.6 Å². The number of likely N-dealkylation sites (tertiary alicyclic amines) is 1. The van der Waals surface area contributed by atoms with Crippen molar-refractivity contribution < 1.29 is 27.5 Å².